The van der Waals surface area contributed by atoms with Crippen molar-refractivity contribution in [2.45, 2.75) is 71.1 Å². The lowest BCUT2D eigenvalue weighted by molar-refractivity contribution is 0.566. The Morgan fingerprint density at radius 3 is 1.85 bits per heavy atom. The molecule has 0 amide bonds. The van der Waals surface area contributed by atoms with E-state index in [0.29, 0.717) is 6.05 Å². The van der Waals surface area contributed by atoms with E-state index in [9.17, 15) is 0 Å². The Morgan fingerprint density at radius 2 is 1.38 bits per heavy atom. The summed E-state index contributed by atoms with van der Waals surface area (Å²) in [4.78, 5) is 0. The number of unbranched alkanes of at least 4 members (excludes halogenated alkanes) is 8. The quantitative estimate of drug-likeness (QED) is 0.327. The molecule has 0 heterocycles. The van der Waals surface area contributed by atoms with Crippen LogP contribution in [-0.2, 0) is 0 Å². The minimum atomic E-state index is 0.591. The van der Waals surface area contributed by atoms with Crippen molar-refractivity contribution in [1.29, 1.82) is 0 Å². The lowest BCUT2D eigenvalue weighted by atomic mass is 10.1. The number of rotatable bonds is 10. The summed E-state index contributed by atoms with van der Waals surface area (Å²) in [6.45, 7) is 5.85. The molecule has 0 atom stereocenters. The summed E-state index contributed by atoms with van der Waals surface area (Å²) in [5, 5.41) is 0. The zero-order chi connectivity index (χ0) is 10.6. The minimum absolute atomic E-state index is 0.591. The van der Waals surface area contributed by atoms with Gasteiger partial charge in [-0.15, -0.1) is 6.58 Å². The largest absolute Gasteiger partial charge is 0.103 e. The summed E-state index contributed by atoms with van der Waals surface area (Å²) >= 11 is 0. The van der Waals surface area contributed by atoms with Crippen LogP contribution in [0.3, 0.4) is 0 Å². The summed E-state index contributed by atoms with van der Waals surface area (Å²) < 4.78 is 7.18. The highest BCUT2D eigenvalue weighted by Crippen LogP contribution is 2.10. The molecule has 0 aromatic carbocycles. The van der Waals surface area contributed by atoms with Crippen LogP contribution in [0.15, 0.2) is 12.6 Å². The highest BCUT2D eigenvalue weighted by Gasteiger charge is 1.90. The van der Waals surface area contributed by atoms with Crippen molar-refractivity contribution in [3.63, 3.8) is 0 Å². The third-order valence-corrected chi connectivity index (χ3v) is 2.46. The second-order valence-corrected chi connectivity index (χ2v) is 3.83. The molecule has 0 nitrogen and oxygen atoms in total. The van der Waals surface area contributed by atoms with Crippen molar-refractivity contribution in [1.82, 2.24) is 0 Å². The van der Waals surface area contributed by atoms with Crippen molar-refractivity contribution in [2.24, 2.45) is 0 Å². The van der Waals surface area contributed by atoms with E-state index < -0.39 is 0 Å². The van der Waals surface area contributed by atoms with Crippen LogP contribution in [0.4, 0.5) is 0 Å². The molecule has 0 fully saturated rings. The Kier molecular flexibility index (Phi) is 9.77. The van der Waals surface area contributed by atoms with Gasteiger partial charge in [0.2, 0.25) is 0 Å². The van der Waals surface area contributed by atoms with Crippen LogP contribution < -0.4 is 0 Å². The second kappa shape index (κ2) is 11.7. The monoisotopic (exact) mass is 183 g/mol. The van der Waals surface area contributed by atoms with Crippen molar-refractivity contribution < 1.29 is 1.37 Å². The highest BCUT2D eigenvalue weighted by molar-refractivity contribution is 4.65. The molecule has 0 aliphatic heterocycles. The van der Waals surface area contributed by atoms with Gasteiger partial charge in [0.1, 0.15) is 0 Å². The van der Waals surface area contributed by atoms with Gasteiger partial charge in [-0.25, -0.2) is 0 Å². The predicted molar refractivity (Wildman–Crippen MR) is 62.0 cm³/mol. The molecule has 0 spiro atoms. The van der Waals surface area contributed by atoms with E-state index in [1.807, 2.05) is 0 Å². The Bertz CT molecular complexity index is 129. The normalized spacial score (nSPS) is 11.3. The molecule has 0 bridgehead atoms. The van der Waals surface area contributed by atoms with Gasteiger partial charge in [0.05, 0.1) is 1.37 Å². The van der Waals surface area contributed by atoms with Gasteiger partial charge in [0.25, 0.3) is 0 Å². The summed E-state index contributed by atoms with van der Waals surface area (Å²) in [6, 6.07) is 0.591. The molecule has 0 unspecified atom stereocenters. The molecule has 0 saturated carbocycles. The highest BCUT2D eigenvalue weighted by atomic mass is 14.0. The summed E-state index contributed by atoms with van der Waals surface area (Å²) in [5.74, 6) is 0. The van der Waals surface area contributed by atoms with E-state index in [2.05, 4.69) is 13.5 Å². The van der Waals surface area contributed by atoms with Crippen LogP contribution in [0.25, 0.3) is 0 Å². The zero-order valence-electron chi connectivity index (χ0n) is 10.3. The third-order valence-electron chi connectivity index (χ3n) is 2.46. The van der Waals surface area contributed by atoms with Crippen LogP contribution >= 0.6 is 0 Å². The topological polar surface area (TPSA) is 0 Å². The molecule has 0 heteroatoms. The molecule has 0 N–H and O–H groups in total. The van der Waals surface area contributed by atoms with Crippen LogP contribution in [0.2, 0.25) is 0 Å². The molecular weight excluding hydrogens is 156 g/mol. The van der Waals surface area contributed by atoms with Crippen molar-refractivity contribution >= 4 is 0 Å². The van der Waals surface area contributed by atoms with Crippen LogP contribution in [0.5, 0.6) is 0 Å². The Labute approximate surface area is 85.8 Å². The van der Waals surface area contributed by atoms with E-state index in [-0.39, 0.29) is 0 Å². The van der Waals surface area contributed by atoms with Crippen molar-refractivity contribution in [3.05, 3.63) is 12.6 Å². The van der Waals surface area contributed by atoms with E-state index in [1.165, 1.54) is 51.4 Å². The van der Waals surface area contributed by atoms with E-state index >= 15 is 0 Å². The van der Waals surface area contributed by atoms with Crippen LogP contribution in [-0.4, -0.2) is 0 Å². The molecule has 0 aromatic heterocycles. The molecule has 0 radical (unpaired) electrons. The first-order chi connectivity index (χ1) is 6.77. The first-order valence-electron chi connectivity index (χ1n) is 6.41. The van der Waals surface area contributed by atoms with Gasteiger partial charge >= 0.3 is 0 Å². The first-order valence-corrected chi connectivity index (χ1v) is 5.91. The molecule has 0 aliphatic carbocycles. The van der Waals surface area contributed by atoms with Gasteiger partial charge in [-0.1, -0.05) is 64.3 Å². The summed E-state index contributed by atoms with van der Waals surface area (Å²) in [6.07, 6.45) is 13.1. The van der Waals surface area contributed by atoms with Gasteiger partial charge in [0, 0.05) is 0 Å². The molecule has 0 saturated heterocycles. The first kappa shape index (κ1) is 10.8. The van der Waals surface area contributed by atoms with Gasteiger partial charge in [-0.05, 0) is 12.8 Å². The molecule has 13 heavy (non-hydrogen) atoms. The summed E-state index contributed by atoms with van der Waals surface area (Å²) in [7, 11) is 0. The fourth-order valence-electron chi connectivity index (χ4n) is 1.56. The second-order valence-electron chi connectivity index (χ2n) is 3.83. The van der Waals surface area contributed by atoms with Crippen LogP contribution in [0.1, 0.15) is 72.5 Å². The SMILES string of the molecule is [2H]C(=C)CCCCCCCCCCC. The van der Waals surface area contributed by atoms with E-state index in [4.69, 9.17) is 1.37 Å². The maximum Gasteiger partial charge on any atom is 0.0570 e. The Morgan fingerprint density at radius 1 is 0.923 bits per heavy atom. The fraction of sp³-hybridized carbons (Fsp3) is 0.846. The third kappa shape index (κ3) is 11.7. The maximum atomic E-state index is 7.18. The lowest BCUT2D eigenvalue weighted by Crippen LogP contribution is -1.80. The molecular formula is C13H26. The number of allylic oxidation sites excluding steroid dienone is 1. The number of hydrogen-bond acceptors (Lipinski definition) is 0. The van der Waals surface area contributed by atoms with Crippen LogP contribution in [0, 0.1) is 0 Å². The lowest BCUT2D eigenvalue weighted by Gasteiger charge is -2.00. The summed E-state index contributed by atoms with van der Waals surface area (Å²) in [5.41, 5.74) is 0. The smallest absolute Gasteiger partial charge is 0.0570 e. The van der Waals surface area contributed by atoms with Gasteiger partial charge in [0.15, 0.2) is 0 Å². The van der Waals surface area contributed by atoms with E-state index in [0.717, 1.165) is 12.8 Å². The Hall–Kier alpha value is -0.260. The standard InChI is InChI=1S/C13H26/c1-3-5-7-9-11-13-12-10-8-6-4-2/h3H,1,4-13H2,2H3/i3D. The van der Waals surface area contributed by atoms with E-state index in [1.54, 1.807) is 0 Å². The molecule has 0 aromatic rings. The maximum absolute atomic E-state index is 7.18. The minimum Gasteiger partial charge on any atom is -0.103 e. The van der Waals surface area contributed by atoms with Gasteiger partial charge in [-0.2, -0.15) is 0 Å². The zero-order valence-corrected chi connectivity index (χ0v) is 9.28. The molecule has 0 aliphatic rings. The fourth-order valence-corrected chi connectivity index (χ4v) is 1.56. The van der Waals surface area contributed by atoms with Crippen molar-refractivity contribution in [2.75, 3.05) is 0 Å². The molecule has 78 valence electrons. The molecule has 0 rings (SSSR count). The van der Waals surface area contributed by atoms with Gasteiger partial charge in [-0.3, -0.25) is 0 Å². The predicted octanol–water partition coefficient (Wildman–Crippen LogP) is 5.09. The van der Waals surface area contributed by atoms with Gasteiger partial charge < -0.3 is 0 Å². The van der Waals surface area contributed by atoms with Crippen molar-refractivity contribution in [3.8, 4) is 0 Å². The number of hydrogen-bond donors (Lipinski definition) is 0. The average molecular weight is 183 g/mol. The average Bonchev–Trinajstić information content (AvgIpc) is 2.15. The Balaban J connectivity index is 2.88.